The number of aromatic nitrogens is 2. The minimum atomic E-state index is -0.902. The van der Waals surface area contributed by atoms with Crippen LogP contribution in [0.2, 0.25) is 0 Å². The van der Waals surface area contributed by atoms with Gasteiger partial charge in [0.1, 0.15) is 5.54 Å². The second kappa shape index (κ2) is 8.11. The minimum absolute atomic E-state index is 0.537. The molecule has 0 aliphatic heterocycles. The van der Waals surface area contributed by atoms with E-state index < -0.39 is 11.6 Å². The second-order valence-corrected chi connectivity index (χ2v) is 6.71. The van der Waals surface area contributed by atoms with E-state index >= 15 is 4.39 Å². The molecule has 1 heterocycles. The van der Waals surface area contributed by atoms with Crippen molar-refractivity contribution in [3.05, 3.63) is 144 Å². The molecule has 0 aliphatic carbocycles. The van der Waals surface area contributed by atoms with Gasteiger partial charge in [0, 0.05) is 6.20 Å². The van der Waals surface area contributed by atoms with Crippen LogP contribution in [0.4, 0.5) is 4.39 Å². The number of imidazole rings is 1. The first-order valence-electron chi connectivity index (χ1n) is 9.48. The van der Waals surface area contributed by atoms with Gasteiger partial charge in [0.25, 0.3) is 6.08 Å². The standard InChI is InChI=1S/C26H21FN2/c1-2-3-19-24-20-29(25(27)28-24)26(21-13-7-4-8-14-21,22-15-9-5-10-16-22)23-17-11-6-12-18-23/h2-20H,1H2/b19-3+. The summed E-state index contributed by atoms with van der Waals surface area (Å²) in [7, 11) is 0. The fourth-order valence-corrected chi connectivity index (χ4v) is 3.81. The van der Waals surface area contributed by atoms with Crippen molar-refractivity contribution in [3.63, 3.8) is 0 Å². The summed E-state index contributed by atoms with van der Waals surface area (Å²) in [4.78, 5) is 4.15. The second-order valence-electron chi connectivity index (χ2n) is 6.71. The molecule has 29 heavy (non-hydrogen) atoms. The molecule has 0 atom stereocenters. The first kappa shape index (κ1) is 18.6. The summed E-state index contributed by atoms with van der Waals surface area (Å²) < 4.78 is 17.0. The lowest BCUT2D eigenvalue weighted by molar-refractivity contribution is 0.397. The van der Waals surface area contributed by atoms with Gasteiger partial charge in [0.15, 0.2) is 0 Å². The molecule has 0 saturated carbocycles. The lowest BCUT2D eigenvalue weighted by Crippen LogP contribution is -2.38. The Morgan fingerprint density at radius 1 is 0.759 bits per heavy atom. The third kappa shape index (κ3) is 3.32. The Bertz CT molecular complexity index is 1020. The molecule has 1 aromatic heterocycles. The van der Waals surface area contributed by atoms with Crippen LogP contribution in [0, 0.1) is 6.08 Å². The molecule has 0 aliphatic rings. The number of hydrogen-bond acceptors (Lipinski definition) is 1. The molecule has 4 aromatic rings. The predicted molar refractivity (Wildman–Crippen MR) is 116 cm³/mol. The Balaban J connectivity index is 2.11. The summed E-state index contributed by atoms with van der Waals surface area (Å²) in [6.07, 6.45) is 6.35. The van der Waals surface area contributed by atoms with Crippen LogP contribution < -0.4 is 0 Å². The Morgan fingerprint density at radius 2 is 1.21 bits per heavy atom. The van der Waals surface area contributed by atoms with Crippen LogP contribution in [-0.2, 0) is 5.54 Å². The molecule has 2 nitrogen and oxygen atoms in total. The molecule has 0 unspecified atom stereocenters. The van der Waals surface area contributed by atoms with Crippen molar-refractivity contribution < 1.29 is 4.39 Å². The Kier molecular flexibility index (Phi) is 5.21. The summed E-state index contributed by atoms with van der Waals surface area (Å²) in [5, 5.41) is 0. The van der Waals surface area contributed by atoms with Crippen LogP contribution >= 0.6 is 0 Å². The molecule has 0 amide bonds. The molecule has 0 N–H and O–H groups in total. The SMILES string of the molecule is C=C/C=C/c1cn(C(c2ccccc2)(c2ccccc2)c2ccccc2)c(F)n1. The zero-order chi connectivity index (χ0) is 20.1. The van der Waals surface area contributed by atoms with E-state index in [1.54, 1.807) is 29.0 Å². The highest BCUT2D eigenvalue weighted by Crippen LogP contribution is 2.41. The van der Waals surface area contributed by atoms with Crippen molar-refractivity contribution in [2.75, 3.05) is 0 Å². The van der Waals surface area contributed by atoms with E-state index in [2.05, 4.69) is 11.6 Å². The summed E-state index contributed by atoms with van der Waals surface area (Å²) in [6.45, 7) is 3.68. The van der Waals surface area contributed by atoms with Gasteiger partial charge in [-0.25, -0.2) is 4.98 Å². The summed E-state index contributed by atoms with van der Waals surface area (Å²) >= 11 is 0. The van der Waals surface area contributed by atoms with Gasteiger partial charge < -0.3 is 0 Å². The Hall–Kier alpha value is -3.72. The summed E-state index contributed by atoms with van der Waals surface area (Å²) in [5.41, 5.74) is 2.49. The largest absolute Gasteiger partial charge is 0.291 e. The molecule has 3 aromatic carbocycles. The third-order valence-electron chi connectivity index (χ3n) is 5.02. The third-order valence-corrected chi connectivity index (χ3v) is 5.02. The molecule has 4 rings (SSSR count). The van der Waals surface area contributed by atoms with Crippen LogP contribution in [0.5, 0.6) is 0 Å². The quantitative estimate of drug-likeness (QED) is 0.294. The van der Waals surface area contributed by atoms with Gasteiger partial charge in [-0.3, -0.25) is 4.57 Å². The molecule has 0 spiro atoms. The summed E-state index contributed by atoms with van der Waals surface area (Å²) in [5.74, 6) is 0. The zero-order valence-corrected chi connectivity index (χ0v) is 15.9. The zero-order valence-electron chi connectivity index (χ0n) is 15.9. The number of hydrogen-bond donors (Lipinski definition) is 0. The van der Waals surface area contributed by atoms with E-state index in [1.807, 2.05) is 91.0 Å². The Morgan fingerprint density at radius 3 is 1.62 bits per heavy atom. The molecule has 0 bridgehead atoms. The number of halogens is 1. The van der Waals surface area contributed by atoms with Crippen molar-refractivity contribution in [2.45, 2.75) is 5.54 Å². The number of rotatable bonds is 6. The summed E-state index contributed by atoms with van der Waals surface area (Å²) in [6, 6.07) is 29.9. The molecule has 0 saturated heterocycles. The van der Waals surface area contributed by atoms with E-state index in [0.717, 1.165) is 16.7 Å². The minimum Gasteiger partial charge on any atom is -0.288 e. The monoisotopic (exact) mass is 380 g/mol. The van der Waals surface area contributed by atoms with Gasteiger partial charge >= 0.3 is 0 Å². The van der Waals surface area contributed by atoms with Crippen LogP contribution in [0.1, 0.15) is 22.4 Å². The highest BCUT2D eigenvalue weighted by molar-refractivity contribution is 5.52. The van der Waals surface area contributed by atoms with Crippen molar-refractivity contribution in [2.24, 2.45) is 0 Å². The average Bonchev–Trinajstić information content (AvgIpc) is 3.16. The van der Waals surface area contributed by atoms with Gasteiger partial charge in [0.05, 0.1) is 5.69 Å². The van der Waals surface area contributed by atoms with E-state index in [-0.39, 0.29) is 0 Å². The van der Waals surface area contributed by atoms with Gasteiger partial charge in [-0.2, -0.15) is 4.39 Å². The first-order chi connectivity index (χ1) is 14.3. The Labute approximate surface area is 170 Å². The van der Waals surface area contributed by atoms with Gasteiger partial charge in [-0.15, -0.1) is 0 Å². The van der Waals surface area contributed by atoms with Crippen LogP contribution in [0.25, 0.3) is 6.08 Å². The number of allylic oxidation sites excluding steroid dienone is 2. The highest BCUT2D eigenvalue weighted by Gasteiger charge is 2.40. The van der Waals surface area contributed by atoms with Crippen LogP contribution in [0.3, 0.4) is 0 Å². The molecular formula is C26H21FN2. The molecular weight excluding hydrogens is 359 g/mol. The van der Waals surface area contributed by atoms with Crippen molar-refractivity contribution in [1.82, 2.24) is 9.55 Å². The van der Waals surface area contributed by atoms with E-state index in [1.165, 1.54) is 0 Å². The fourth-order valence-electron chi connectivity index (χ4n) is 3.81. The topological polar surface area (TPSA) is 17.8 Å². The lowest BCUT2D eigenvalue weighted by Gasteiger charge is -2.37. The van der Waals surface area contributed by atoms with Crippen LogP contribution in [-0.4, -0.2) is 9.55 Å². The first-order valence-corrected chi connectivity index (χ1v) is 9.48. The van der Waals surface area contributed by atoms with Gasteiger partial charge in [-0.1, -0.05) is 110 Å². The lowest BCUT2D eigenvalue weighted by atomic mass is 9.76. The maximum Gasteiger partial charge on any atom is 0.291 e. The highest BCUT2D eigenvalue weighted by atomic mass is 19.1. The molecule has 142 valence electrons. The van der Waals surface area contributed by atoms with E-state index in [9.17, 15) is 0 Å². The number of benzene rings is 3. The molecule has 0 fully saturated rings. The van der Waals surface area contributed by atoms with Gasteiger partial charge in [0.2, 0.25) is 0 Å². The van der Waals surface area contributed by atoms with E-state index in [0.29, 0.717) is 5.69 Å². The van der Waals surface area contributed by atoms with Crippen molar-refractivity contribution in [1.29, 1.82) is 0 Å². The van der Waals surface area contributed by atoms with Crippen molar-refractivity contribution in [3.8, 4) is 0 Å². The smallest absolute Gasteiger partial charge is 0.288 e. The van der Waals surface area contributed by atoms with Gasteiger partial charge in [-0.05, 0) is 22.8 Å². The van der Waals surface area contributed by atoms with Crippen molar-refractivity contribution >= 4 is 6.08 Å². The van der Waals surface area contributed by atoms with Crippen LogP contribution in [0.15, 0.2) is 116 Å². The molecule has 3 heteroatoms. The van der Waals surface area contributed by atoms with E-state index in [4.69, 9.17) is 0 Å². The maximum atomic E-state index is 15.4. The fraction of sp³-hybridized carbons (Fsp3) is 0.0385. The molecule has 0 radical (unpaired) electrons. The predicted octanol–water partition coefficient (Wildman–Crippen LogP) is 6.06. The average molecular weight is 380 g/mol. The normalized spacial score (nSPS) is 11.6. The maximum absolute atomic E-state index is 15.4. The number of nitrogens with zero attached hydrogens (tertiary/aromatic N) is 2.